The van der Waals surface area contributed by atoms with Crippen molar-refractivity contribution in [2.75, 3.05) is 29.9 Å². The molecule has 0 saturated heterocycles. The van der Waals surface area contributed by atoms with Crippen molar-refractivity contribution in [2.45, 2.75) is 6.42 Å². The fourth-order valence-electron chi connectivity index (χ4n) is 1.88. The third-order valence-electron chi connectivity index (χ3n) is 2.66. The molecular weight excluding hydrogens is 218 g/mol. The second-order valence-electron chi connectivity index (χ2n) is 3.89. The van der Waals surface area contributed by atoms with Crippen LogP contribution in [0.2, 0.25) is 0 Å². The van der Waals surface area contributed by atoms with Crippen LogP contribution in [0.3, 0.4) is 0 Å². The average Bonchev–Trinajstić information content (AvgIpc) is 2.35. The van der Waals surface area contributed by atoms with E-state index in [9.17, 15) is 4.79 Å². The van der Waals surface area contributed by atoms with Gasteiger partial charge in [0.2, 0.25) is 5.91 Å². The normalized spacial score (nSPS) is 13.9. The Morgan fingerprint density at radius 2 is 2.35 bits per heavy atom. The molecule has 0 aliphatic carbocycles. The number of hydrogen-bond acceptors (Lipinski definition) is 4. The third kappa shape index (κ3) is 2.37. The quantitative estimate of drug-likeness (QED) is 0.802. The molecule has 1 amide bonds. The Kier molecular flexibility index (Phi) is 3.26. The summed E-state index contributed by atoms with van der Waals surface area (Å²) in [4.78, 5) is 13.4. The number of nitrogens with one attached hydrogen (secondary N) is 1. The van der Waals surface area contributed by atoms with E-state index in [1.54, 1.807) is 18.2 Å². The van der Waals surface area contributed by atoms with Gasteiger partial charge in [-0.2, -0.15) is 5.26 Å². The van der Waals surface area contributed by atoms with Gasteiger partial charge >= 0.3 is 0 Å². The Labute approximate surface area is 99.3 Å². The van der Waals surface area contributed by atoms with E-state index >= 15 is 0 Å². The van der Waals surface area contributed by atoms with Gasteiger partial charge in [-0.25, -0.2) is 0 Å². The Morgan fingerprint density at radius 1 is 1.53 bits per heavy atom. The number of carbonyl (C=O) groups excluding carboxylic acids is 1. The van der Waals surface area contributed by atoms with E-state index in [2.05, 4.69) is 11.4 Å². The highest BCUT2D eigenvalue weighted by atomic mass is 16.3. The zero-order chi connectivity index (χ0) is 12.3. The summed E-state index contributed by atoms with van der Waals surface area (Å²) in [6.07, 6.45) is 0.601. The SMILES string of the molecule is N#Cc1ccc2c(c1)N(CCCO)CC(=O)N2. The number of hydrogen-bond donors (Lipinski definition) is 2. The van der Waals surface area contributed by atoms with E-state index in [0.29, 0.717) is 18.5 Å². The zero-order valence-electron chi connectivity index (χ0n) is 9.31. The monoisotopic (exact) mass is 231 g/mol. The lowest BCUT2D eigenvalue weighted by Crippen LogP contribution is -2.39. The molecule has 1 aromatic rings. The largest absolute Gasteiger partial charge is 0.396 e. The predicted octanol–water partition coefficient (Wildman–Crippen LogP) is 0.699. The van der Waals surface area contributed by atoms with E-state index in [4.69, 9.17) is 10.4 Å². The average molecular weight is 231 g/mol. The summed E-state index contributed by atoms with van der Waals surface area (Å²) < 4.78 is 0. The molecule has 88 valence electrons. The minimum absolute atomic E-state index is 0.0693. The summed E-state index contributed by atoms with van der Waals surface area (Å²) in [5, 5.41) is 20.5. The number of benzene rings is 1. The van der Waals surface area contributed by atoms with Gasteiger partial charge in [-0.15, -0.1) is 0 Å². The highest BCUT2D eigenvalue weighted by Gasteiger charge is 2.21. The first-order chi connectivity index (χ1) is 8.24. The lowest BCUT2D eigenvalue weighted by Gasteiger charge is -2.30. The fourth-order valence-corrected chi connectivity index (χ4v) is 1.88. The molecule has 1 heterocycles. The van der Waals surface area contributed by atoms with Crippen LogP contribution in [0.15, 0.2) is 18.2 Å². The minimum Gasteiger partial charge on any atom is -0.396 e. The number of nitriles is 1. The molecule has 5 nitrogen and oxygen atoms in total. The smallest absolute Gasteiger partial charge is 0.243 e. The number of amides is 1. The van der Waals surface area contributed by atoms with Crippen LogP contribution in [0.4, 0.5) is 11.4 Å². The van der Waals surface area contributed by atoms with Crippen molar-refractivity contribution in [3.05, 3.63) is 23.8 Å². The molecule has 1 aliphatic rings. The van der Waals surface area contributed by atoms with Crippen LogP contribution in [0.25, 0.3) is 0 Å². The maximum Gasteiger partial charge on any atom is 0.243 e. The predicted molar refractivity (Wildman–Crippen MR) is 63.7 cm³/mol. The number of rotatable bonds is 3. The number of fused-ring (bicyclic) bond motifs is 1. The first kappa shape index (κ1) is 11.4. The Balaban J connectivity index is 2.32. The Morgan fingerprint density at radius 3 is 3.06 bits per heavy atom. The van der Waals surface area contributed by atoms with Gasteiger partial charge in [-0.3, -0.25) is 4.79 Å². The summed E-state index contributed by atoms with van der Waals surface area (Å²) >= 11 is 0. The van der Waals surface area contributed by atoms with Gasteiger partial charge in [-0.05, 0) is 24.6 Å². The minimum atomic E-state index is -0.0693. The van der Waals surface area contributed by atoms with Crippen molar-refractivity contribution >= 4 is 17.3 Å². The van der Waals surface area contributed by atoms with E-state index in [-0.39, 0.29) is 19.1 Å². The summed E-state index contributed by atoms with van der Waals surface area (Å²) in [6, 6.07) is 7.24. The third-order valence-corrected chi connectivity index (χ3v) is 2.66. The van der Waals surface area contributed by atoms with Crippen LogP contribution in [0.1, 0.15) is 12.0 Å². The maximum atomic E-state index is 11.5. The van der Waals surface area contributed by atoms with E-state index in [0.717, 1.165) is 11.4 Å². The molecule has 0 unspecified atom stereocenters. The zero-order valence-corrected chi connectivity index (χ0v) is 9.31. The van der Waals surface area contributed by atoms with Crippen molar-refractivity contribution in [1.29, 1.82) is 5.26 Å². The van der Waals surface area contributed by atoms with Crippen LogP contribution in [-0.4, -0.2) is 30.7 Å². The maximum absolute atomic E-state index is 11.5. The second-order valence-corrected chi connectivity index (χ2v) is 3.89. The first-order valence-corrected chi connectivity index (χ1v) is 5.44. The molecule has 5 heteroatoms. The van der Waals surface area contributed by atoms with Gasteiger partial charge < -0.3 is 15.3 Å². The molecule has 0 radical (unpaired) electrons. The molecular formula is C12H13N3O2. The van der Waals surface area contributed by atoms with Crippen LogP contribution < -0.4 is 10.2 Å². The second kappa shape index (κ2) is 4.85. The number of aliphatic hydroxyl groups excluding tert-OH is 1. The Hall–Kier alpha value is -2.06. The number of anilines is 2. The van der Waals surface area contributed by atoms with Crippen molar-refractivity contribution in [2.24, 2.45) is 0 Å². The molecule has 1 aliphatic heterocycles. The Bertz CT molecular complexity index is 479. The van der Waals surface area contributed by atoms with Gasteiger partial charge in [0.25, 0.3) is 0 Å². The highest BCUT2D eigenvalue weighted by Crippen LogP contribution is 2.30. The highest BCUT2D eigenvalue weighted by molar-refractivity contribution is 6.01. The molecule has 2 N–H and O–H groups in total. The van der Waals surface area contributed by atoms with Crippen LogP contribution in [0.5, 0.6) is 0 Å². The summed E-state index contributed by atoms with van der Waals surface area (Å²) in [5.74, 6) is -0.0693. The number of nitrogens with zero attached hydrogens (tertiary/aromatic N) is 2. The summed E-state index contributed by atoms with van der Waals surface area (Å²) in [6.45, 7) is 0.957. The molecule has 0 fully saturated rings. The lowest BCUT2D eigenvalue weighted by molar-refractivity contribution is -0.115. The summed E-state index contributed by atoms with van der Waals surface area (Å²) in [7, 11) is 0. The van der Waals surface area contributed by atoms with Crippen LogP contribution >= 0.6 is 0 Å². The van der Waals surface area contributed by atoms with Gasteiger partial charge in [0, 0.05) is 13.2 Å². The van der Waals surface area contributed by atoms with Gasteiger partial charge in [0.15, 0.2) is 0 Å². The molecule has 2 rings (SSSR count). The molecule has 1 aromatic carbocycles. The van der Waals surface area contributed by atoms with Crippen molar-refractivity contribution in [1.82, 2.24) is 0 Å². The van der Waals surface area contributed by atoms with Crippen molar-refractivity contribution in [3.8, 4) is 6.07 Å². The topological polar surface area (TPSA) is 76.4 Å². The molecule has 0 bridgehead atoms. The van der Waals surface area contributed by atoms with Crippen molar-refractivity contribution in [3.63, 3.8) is 0 Å². The molecule has 0 atom stereocenters. The first-order valence-electron chi connectivity index (χ1n) is 5.44. The lowest BCUT2D eigenvalue weighted by atomic mass is 10.1. The van der Waals surface area contributed by atoms with E-state index < -0.39 is 0 Å². The number of carbonyl (C=O) groups is 1. The van der Waals surface area contributed by atoms with Gasteiger partial charge in [-0.1, -0.05) is 0 Å². The van der Waals surface area contributed by atoms with Crippen LogP contribution in [0, 0.1) is 11.3 Å². The van der Waals surface area contributed by atoms with E-state index in [1.807, 2.05) is 4.90 Å². The molecule has 17 heavy (non-hydrogen) atoms. The standard InChI is InChI=1S/C12H13N3O2/c13-7-9-2-3-10-11(6-9)15(4-1-5-16)8-12(17)14-10/h2-3,6,16H,1,4-5,8H2,(H,14,17). The number of aliphatic hydroxyl groups is 1. The van der Waals surface area contributed by atoms with E-state index in [1.165, 1.54) is 0 Å². The molecule has 0 aromatic heterocycles. The molecule has 0 saturated carbocycles. The van der Waals surface area contributed by atoms with Gasteiger partial charge in [0.1, 0.15) is 0 Å². The fraction of sp³-hybridized carbons (Fsp3) is 0.333. The molecule has 0 spiro atoms. The van der Waals surface area contributed by atoms with Crippen LogP contribution in [-0.2, 0) is 4.79 Å². The van der Waals surface area contributed by atoms with Gasteiger partial charge in [0.05, 0.1) is 29.6 Å². The van der Waals surface area contributed by atoms with Crippen molar-refractivity contribution < 1.29 is 9.90 Å². The summed E-state index contributed by atoms with van der Waals surface area (Å²) in [5.41, 5.74) is 2.13.